The normalized spacial score (nSPS) is 9.90. The molecule has 0 aromatic carbocycles. The molecule has 2 amide bonds. The monoisotopic (exact) mass is 298 g/mol. The SMILES string of the molecule is Cc1nc(NN)nc(NCCNC(=O)N(C)C)c1[N+](=O)[O-]. The Morgan fingerprint density at radius 2 is 2.05 bits per heavy atom. The molecule has 0 atom stereocenters. The summed E-state index contributed by atoms with van der Waals surface area (Å²) in [6.45, 7) is 2.03. The Balaban J connectivity index is 2.75. The highest BCUT2D eigenvalue weighted by atomic mass is 16.6. The Morgan fingerprint density at radius 3 is 2.57 bits per heavy atom. The van der Waals surface area contributed by atoms with Gasteiger partial charge in [0.15, 0.2) is 0 Å². The Kier molecular flexibility index (Phi) is 5.60. The fraction of sp³-hybridized carbons (Fsp3) is 0.500. The van der Waals surface area contributed by atoms with E-state index in [2.05, 4.69) is 26.0 Å². The summed E-state index contributed by atoms with van der Waals surface area (Å²) in [7, 11) is 3.22. The van der Waals surface area contributed by atoms with Crippen molar-refractivity contribution in [3.63, 3.8) is 0 Å². The fourth-order valence-corrected chi connectivity index (χ4v) is 1.48. The zero-order valence-electron chi connectivity index (χ0n) is 12.0. The number of carbonyl (C=O) groups is 1. The number of carbonyl (C=O) groups excluding carboxylic acids is 1. The van der Waals surface area contributed by atoms with Crippen molar-refractivity contribution in [2.75, 3.05) is 37.9 Å². The van der Waals surface area contributed by atoms with E-state index in [0.717, 1.165) is 0 Å². The Bertz CT molecular complexity index is 533. The first kappa shape index (κ1) is 16.4. The molecule has 1 rings (SSSR count). The molecule has 0 radical (unpaired) electrons. The van der Waals surface area contributed by atoms with Gasteiger partial charge in [-0.25, -0.2) is 15.6 Å². The van der Waals surface area contributed by atoms with Crippen molar-refractivity contribution in [3.8, 4) is 0 Å². The van der Waals surface area contributed by atoms with Crippen LogP contribution >= 0.6 is 0 Å². The summed E-state index contributed by atoms with van der Waals surface area (Å²) >= 11 is 0. The average Bonchev–Trinajstić information content (AvgIpc) is 2.41. The molecule has 0 aliphatic rings. The lowest BCUT2D eigenvalue weighted by molar-refractivity contribution is -0.385. The Labute approximate surface area is 121 Å². The molecule has 0 aliphatic carbocycles. The second kappa shape index (κ2) is 7.19. The van der Waals surface area contributed by atoms with Gasteiger partial charge in [0.25, 0.3) is 0 Å². The number of aromatic nitrogens is 2. The van der Waals surface area contributed by atoms with Crippen molar-refractivity contribution in [2.45, 2.75) is 6.92 Å². The first-order valence-corrected chi connectivity index (χ1v) is 6.05. The summed E-state index contributed by atoms with van der Waals surface area (Å²) in [5.74, 6) is 5.32. The van der Waals surface area contributed by atoms with Gasteiger partial charge in [0.2, 0.25) is 11.8 Å². The van der Waals surface area contributed by atoms with Crippen LogP contribution in [0.3, 0.4) is 0 Å². The van der Waals surface area contributed by atoms with Gasteiger partial charge < -0.3 is 15.5 Å². The average molecular weight is 298 g/mol. The van der Waals surface area contributed by atoms with Crippen LogP contribution < -0.4 is 21.9 Å². The maximum Gasteiger partial charge on any atom is 0.332 e. The second-order valence-electron chi connectivity index (χ2n) is 4.28. The number of hydrazine groups is 1. The van der Waals surface area contributed by atoms with E-state index in [9.17, 15) is 14.9 Å². The lowest BCUT2D eigenvalue weighted by atomic mass is 10.3. The van der Waals surface area contributed by atoms with E-state index in [0.29, 0.717) is 0 Å². The van der Waals surface area contributed by atoms with Crippen LogP contribution in [0.2, 0.25) is 0 Å². The van der Waals surface area contributed by atoms with Gasteiger partial charge >= 0.3 is 11.7 Å². The summed E-state index contributed by atoms with van der Waals surface area (Å²) in [5.41, 5.74) is 2.19. The maximum atomic E-state index is 11.3. The largest absolute Gasteiger partial charge is 0.362 e. The minimum absolute atomic E-state index is 0.0413. The van der Waals surface area contributed by atoms with Crippen LogP contribution in [0.25, 0.3) is 0 Å². The van der Waals surface area contributed by atoms with Crippen LogP contribution in [0, 0.1) is 17.0 Å². The highest BCUT2D eigenvalue weighted by Crippen LogP contribution is 2.25. The lowest BCUT2D eigenvalue weighted by Gasteiger charge is -2.13. The van der Waals surface area contributed by atoms with Gasteiger partial charge in [-0.1, -0.05) is 0 Å². The molecule has 21 heavy (non-hydrogen) atoms. The van der Waals surface area contributed by atoms with E-state index >= 15 is 0 Å². The van der Waals surface area contributed by atoms with Crippen LogP contribution in [0.1, 0.15) is 5.69 Å². The minimum Gasteiger partial charge on any atom is -0.362 e. The van der Waals surface area contributed by atoms with Crippen molar-refractivity contribution >= 4 is 23.5 Å². The lowest BCUT2D eigenvalue weighted by Crippen LogP contribution is -2.37. The van der Waals surface area contributed by atoms with Gasteiger partial charge in [-0.2, -0.15) is 4.98 Å². The molecule has 116 valence electrons. The van der Waals surface area contributed by atoms with E-state index in [1.54, 1.807) is 14.1 Å². The van der Waals surface area contributed by atoms with Crippen molar-refractivity contribution in [3.05, 3.63) is 15.8 Å². The number of urea groups is 1. The highest BCUT2D eigenvalue weighted by molar-refractivity contribution is 5.73. The number of nitrogens with two attached hydrogens (primary N) is 1. The van der Waals surface area contributed by atoms with Crippen LogP contribution in [0.5, 0.6) is 0 Å². The van der Waals surface area contributed by atoms with Crippen LogP contribution in [0.15, 0.2) is 0 Å². The van der Waals surface area contributed by atoms with E-state index in [1.165, 1.54) is 11.8 Å². The van der Waals surface area contributed by atoms with E-state index in [1.807, 2.05) is 0 Å². The summed E-state index contributed by atoms with van der Waals surface area (Å²) in [6.07, 6.45) is 0. The molecule has 11 nitrogen and oxygen atoms in total. The molecule has 0 bridgehead atoms. The van der Waals surface area contributed by atoms with Gasteiger partial charge in [0.05, 0.1) is 4.92 Å². The fourth-order valence-electron chi connectivity index (χ4n) is 1.48. The topological polar surface area (TPSA) is 151 Å². The summed E-state index contributed by atoms with van der Waals surface area (Å²) in [4.78, 5) is 30.9. The van der Waals surface area contributed by atoms with Gasteiger partial charge in [-0.3, -0.25) is 15.5 Å². The highest BCUT2D eigenvalue weighted by Gasteiger charge is 2.21. The van der Waals surface area contributed by atoms with Gasteiger partial charge in [-0.15, -0.1) is 0 Å². The van der Waals surface area contributed by atoms with Crippen LogP contribution in [-0.2, 0) is 0 Å². The number of hydrogen-bond donors (Lipinski definition) is 4. The number of nitro groups is 1. The van der Waals surface area contributed by atoms with Crippen molar-refractivity contribution in [2.24, 2.45) is 5.84 Å². The van der Waals surface area contributed by atoms with Gasteiger partial charge in [0.1, 0.15) is 5.69 Å². The number of nitrogens with one attached hydrogen (secondary N) is 3. The molecule has 0 spiro atoms. The molecule has 0 saturated heterocycles. The minimum atomic E-state index is -0.573. The smallest absolute Gasteiger partial charge is 0.332 e. The molecular formula is C10H18N8O3. The number of aryl methyl sites for hydroxylation is 1. The van der Waals surface area contributed by atoms with Crippen molar-refractivity contribution < 1.29 is 9.72 Å². The zero-order chi connectivity index (χ0) is 16.0. The molecule has 0 aliphatic heterocycles. The van der Waals surface area contributed by atoms with Crippen molar-refractivity contribution in [1.29, 1.82) is 0 Å². The van der Waals surface area contributed by atoms with E-state index in [-0.39, 0.29) is 42.3 Å². The summed E-state index contributed by atoms with van der Waals surface area (Å²) < 4.78 is 0. The third-order valence-electron chi connectivity index (χ3n) is 2.47. The summed E-state index contributed by atoms with van der Waals surface area (Å²) in [5, 5.41) is 16.4. The molecule has 11 heteroatoms. The first-order chi connectivity index (χ1) is 9.86. The molecular weight excluding hydrogens is 280 g/mol. The summed E-state index contributed by atoms with van der Waals surface area (Å²) in [6, 6.07) is -0.255. The van der Waals surface area contributed by atoms with Crippen LogP contribution in [0.4, 0.5) is 22.2 Å². The number of hydrogen-bond acceptors (Lipinski definition) is 8. The van der Waals surface area contributed by atoms with Crippen LogP contribution in [-0.4, -0.2) is 53.0 Å². The second-order valence-corrected chi connectivity index (χ2v) is 4.28. The van der Waals surface area contributed by atoms with Gasteiger partial charge in [-0.05, 0) is 6.92 Å². The molecule has 1 heterocycles. The molecule has 0 saturated carbocycles. The van der Waals surface area contributed by atoms with Crippen molar-refractivity contribution in [1.82, 2.24) is 20.2 Å². The Hall–Kier alpha value is -2.69. The standard InChI is InChI=1S/C10H18N8O3/c1-6-7(18(20)21)8(15-9(14-6)16-11)12-4-5-13-10(19)17(2)3/h4-5,11H2,1-3H3,(H,13,19)(H2,12,14,15,16). The number of amides is 2. The van der Waals surface area contributed by atoms with Gasteiger partial charge in [0, 0.05) is 27.2 Å². The molecule has 1 aromatic rings. The predicted octanol–water partition coefficient (Wildman–Crippen LogP) is -0.338. The molecule has 0 unspecified atom stereocenters. The maximum absolute atomic E-state index is 11.3. The predicted molar refractivity (Wildman–Crippen MR) is 76.8 cm³/mol. The van der Waals surface area contributed by atoms with E-state index < -0.39 is 4.92 Å². The third kappa shape index (κ3) is 4.42. The first-order valence-electron chi connectivity index (χ1n) is 6.05. The molecule has 5 N–H and O–H groups in total. The molecule has 0 fully saturated rings. The molecule has 1 aromatic heterocycles. The third-order valence-corrected chi connectivity index (χ3v) is 2.47. The quantitative estimate of drug-likeness (QED) is 0.241. The number of nitrogens with zero attached hydrogens (tertiary/aromatic N) is 4. The zero-order valence-corrected chi connectivity index (χ0v) is 12.0. The number of nitrogen functional groups attached to an aromatic ring is 1. The Morgan fingerprint density at radius 1 is 1.38 bits per heavy atom. The number of rotatable bonds is 6. The number of anilines is 2. The van der Waals surface area contributed by atoms with E-state index in [4.69, 9.17) is 5.84 Å².